The Kier molecular flexibility index (Phi) is 10.5. The fourth-order valence-electron chi connectivity index (χ4n) is 2.57. The highest BCUT2D eigenvalue weighted by atomic mass is 32.2. The van der Waals surface area contributed by atoms with Crippen LogP contribution < -0.4 is 0 Å². The molecule has 0 unspecified atom stereocenters. The van der Waals surface area contributed by atoms with Crippen molar-refractivity contribution >= 4 is 15.8 Å². The molecule has 0 spiro atoms. The van der Waals surface area contributed by atoms with Gasteiger partial charge in [0.1, 0.15) is 10.6 Å². The Bertz CT molecular complexity index is 572. The Morgan fingerprint density at radius 1 is 0.875 bits per heavy atom. The van der Waals surface area contributed by atoms with Crippen molar-refractivity contribution < 1.29 is 12.6 Å². The number of nitrogens with zero attached hydrogens (tertiary/aromatic N) is 1. The van der Waals surface area contributed by atoms with Crippen LogP contribution in [0.1, 0.15) is 71.1 Å². The van der Waals surface area contributed by atoms with Crippen LogP contribution in [0.3, 0.4) is 0 Å². The quantitative estimate of drug-likeness (QED) is 0.243. The SMILES string of the molecule is CCCCCCCCCCCCOS(=O)(=O)c1ccccc1N=O. The molecule has 6 heteroatoms. The topological polar surface area (TPSA) is 72.8 Å². The van der Waals surface area contributed by atoms with E-state index in [2.05, 4.69) is 12.1 Å². The molecule has 5 nitrogen and oxygen atoms in total. The zero-order valence-electron chi connectivity index (χ0n) is 14.6. The van der Waals surface area contributed by atoms with Gasteiger partial charge in [0.2, 0.25) is 0 Å². The molecule has 0 amide bonds. The van der Waals surface area contributed by atoms with Gasteiger partial charge in [0.25, 0.3) is 10.1 Å². The van der Waals surface area contributed by atoms with E-state index in [9.17, 15) is 13.3 Å². The van der Waals surface area contributed by atoms with Crippen molar-refractivity contribution in [1.82, 2.24) is 0 Å². The Morgan fingerprint density at radius 3 is 2.00 bits per heavy atom. The molecule has 0 saturated carbocycles. The molecule has 0 bridgehead atoms. The van der Waals surface area contributed by atoms with E-state index < -0.39 is 10.1 Å². The third-order valence-corrected chi connectivity index (χ3v) is 5.33. The summed E-state index contributed by atoms with van der Waals surface area (Å²) in [4.78, 5) is 10.5. The number of nitroso groups, excluding NO2 is 1. The molecular formula is C18H29NO4S. The van der Waals surface area contributed by atoms with Crippen molar-refractivity contribution in [3.8, 4) is 0 Å². The average molecular weight is 356 g/mol. The minimum Gasteiger partial charge on any atom is -0.266 e. The summed E-state index contributed by atoms with van der Waals surface area (Å²) >= 11 is 0. The summed E-state index contributed by atoms with van der Waals surface area (Å²) in [5, 5.41) is 2.73. The summed E-state index contributed by atoms with van der Waals surface area (Å²) < 4.78 is 29.1. The van der Waals surface area contributed by atoms with E-state index in [1.165, 1.54) is 57.1 Å². The second kappa shape index (κ2) is 12.1. The first-order chi connectivity index (χ1) is 11.6. The summed E-state index contributed by atoms with van der Waals surface area (Å²) in [6, 6.07) is 5.82. The maximum Gasteiger partial charge on any atom is 0.299 e. The van der Waals surface area contributed by atoms with Crippen LogP contribution in [0.4, 0.5) is 5.69 Å². The van der Waals surface area contributed by atoms with Crippen LogP contribution in [0.15, 0.2) is 34.3 Å². The molecule has 0 aliphatic heterocycles. The predicted octanol–water partition coefficient (Wildman–Crippen LogP) is 5.71. The van der Waals surface area contributed by atoms with Crippen molar-refractivity contribution in [1.29, 1.82) is 0 Å². The van der Waals surface area contributed by atoms with Crippen LogP contribution in [0, 0.1) is 4.91 Å². The fraction of sp³-hybridized carbons (Fsp3) is 0.667. The van der Waals surface area contributed by atoms with Crippen molar-refractivity contribution in [2.24, 2.45) is 5.18 Å². The number of hydrogen-bond donors (Lipinski definition) is 0. The first kappa shape index (κ1) is 20.8. The van der Waals surface area contributed by atoms with Gasteiger partial charge in [-0.1, -0.05) is 76.8 Å². The van der Waals surface area contributed by atoms with E-state index >= 15 is 0 Å². The van der Waals surface area contributed by atoms with Gasteiger partial charge < -0.3 is 0 Å². The van der Waals surface area contributed by atoms with Gasteiger partial charge in [0.15, 0.2) is 0 Å². The number of unbranched alkanes of at least 4 members (excludes halogenated alkanes) is 9. The van der Waals surface area contributed by atoms with E-state index in [0.29, 0.717) is 6.42 Å². The van der Waals surface area contributed by atoms with Crippen LogP contribution in [-0.2, 0) is 14.3 Å². The minimum absolute atomic E-state index is 0.111. The largest absolute Gasteiger partial charge is 0.299 e. The van der Waals surface area contributed by atoms with E-state index in [1.54, 1.807) is 12.1 Å². The van der Waals surface area contributed by atoms with Crippen molar-refractivity contribution in [3.05, 3.63) is 29.2 Å². The molecule has 1 rings (SSSR count). The fourth-order valence-corrected chi connectivity index (χ4v) is 3.64. The number of benzene rings is 1. The van der Waals surface area contributed by atoms with Crippen molar-refractivity contribution in [3.63, 3.8) is 0 Å². The molecule has 0 atom stereocenters. The lowest BCUT2D eigenvalue weighted by Crippen LogP contribution is -2.07. The standard InChI is InChI=1S/C18H29NO4S/c1-2-3-4-5-6-7-8-9-10-13-16-23-24(21,22)18-15-12-11-14-17(18)19-20/h11-12,14-15H,2-10,13,16H2,1H3. The highest BCUT2D eigenvalue weighted by Gasteiger charge is 2.19. The van der Waals surface area contributed by atoms with Crippen molar-refractivity contribution in [2.45, 2.75) is 76.0 Å². The van der Waals surface area contributed by atoms with Gasteiger partial charge in [-0.05, 0) is 23.7 Å². The highest BCUT2D eigenvalue weighted by Crippen LogP contribution is 2.25. The molecule has 0 N–H and O–H groups in total. The van der Waals surface area contributed by atoms with Crippen LogP contribution >= 0.6 is 0 Å². The van der Waals surface area contributed by atoms with Crippen molar-refractivity contribution in [2.75, 3.05) is 6.61 Å². The zero-order chi connectivity index (χ0) is 17.7. The molecule has 136 valence electrons. The Labute approximate surface area is 145 Å². The Hall–Kier alpha value is -1.27. The van der Waals surface area contributed by atoms with Gasteiger partial charge in [-0.15, -0.1) is 4.91 Å². The molecule has 0 saturated heterocycles. The second-order valence-corrected chi connectivity index (χ2v) is 7.60. The minimum atomic E-state index is -3.91. The number of hydrogen-bond acceptors (Lipinski definition) is 5. The third kappa shape index (κ3) is 8.02. The molecule has 0 aliphatic rings. The zero-order valence-corrected chi connectivity index (χ0v) is 15.4. The molecule has 1 aromatic carbocycles. The maximum absolute atomic E-state index is 12.1. The molecule has 0 radical (unpaired) electrons. The van der Waals surface area contributed by atoms with Crippen LogP contribution in [-0.4, -0.2) is 15.0 Å². The Morgan fingerprint density at radius 2 is 1.42 bits per heavy atom. The van der Waals surface area contributed by atoms with E-state index in [0.717, 1.165) is 12.8 Å². The van der Waals surface area contributed by atoms with Gasteiger partial charge in [0.05, 0.1) is 6.61 Å². The number of rotatable bonds is 14. The first-order valence-corrected chi connectivity index (χ1v) is 10.3. The van der Waals surface area contributed by atoms with E-state index in [4.69, 9.17) is 4.18 Å². The summed E-state index contributed by atoms with van der Waals surface area (Å²) in [6.07, 6.45) is 11.7. The molecule has 0 heterocycles. The summed E-state index contributed by atoms with van der Waals surface area (Å²) in [5.41, 5.74) is -0.111. The second-order valence-electron chi connectivity index (χ2n) is 6.02. The smallest absolute Gasteiger partial charge is 0.266 e. The van der Waals surface area contributed by atoms with E-state index in [1.807, 2.05) is 0 Å². The predicted molar refractivity (Wildman–Crippen MR) is 96.9 cm³/mol. The molecule has 1 aromatic rings. The van der Waals surface area contributed by atoms with Gasteiger partial charge in [-0.3, -0.25) is 4.18 Å². The van der Waals surface area contributed by atoms with E-state index in [-0.39, 0.29) is 17.2 Å². The lowest BCUT2D eigenvalue weighted by Gasteiger charge is -2.07. The maximum atomic E-state index is 12.1. The monoisotopic (exact) mass is 355 g/mol. The Balaban J connectivity index is 2.15. The summed E-state index contributed by atoms with van der Waals surface area (Å²) in [5.74, 6) is 0. The highest BCUT2D eigenvalue weighted by molar-refractivity contribution is 7.87. The average Bonchev–Trinajstić information content (AvgIpc) is 2.59. The summed E-state index contributed by atoms with van der Waals surface area (Å²) in [6.45, 7) is 2.36. The first-order valence-electron chi connectivity index (χ1n) is 8.93. The summed E-state index contributed by atoms with van der Waals surface area (Å²) in [7, 11) is -3.91. The van der Waals surface area contributed by atoms with Crippen LogP contribution in [0.25, 0.3) is 0 Å². The molecule has 0 aromatic heterocycles. The molecule has 0 fully saturated rings. The van der Waals surface area contributed by atoms with Gasteiger partial charge in [-0.2, -0.15) is 8.42 Å². The van der Waals surface area contributed by atoms with Gasteiger partial charge >= 0.3 is 0 Å². The molecule has 0 aliphatic carbocycles. The lowest BCUT2D eigenvalue weighted by atomic mass is 10.1. The lowest BCUT2D eigenvalue weighted by molar-refractivity contribution is 0.306. The van der Waals surface area contributed by atoms with Gasteiger partial charge in [-0.25, -0.2) is 0 Å². The third-order valence-electron chi connectivity index (χ3n) is 3.97. The van der Waals surface area contributed by atoms with Crippen LogP contribution in [0.5, 0.6) is 0 Å². The van der Waals surface area contributed by atoms with Crippen LogP contribution in [0.2, 0.25) is 0 Å². The van der Waals surface area contributed by atoms with Gasteiger partial charge in [0, 0.05) is 0 Å². The normalized spacial score (nSPS) is 11.5. The molecular weight excluding hydrogens is 326 g/mol. The molecule has 24 heavy (non-hydrogen) atoms.